The van der Waals surface area contributed by atoms with Crippen LogP contribution >= 0.6 is 0 Å². The first-order valence-corrected chi connectivity index (χ1v) is 21.1. The summed E-state index contributed by atoms with van der Waals surface area (Å²) in [5.74, 6) is -2.71. The summed E-state index contributed by atoms with van der Waals surface area (Å²) in [4.78, 5) is 89.9. The Bertz CT molecular complexity index is 1840. The maximum atomic E-state index is 13.4. The first kappa shape index (κ1) is 50.5. The van der Waals surface area contributed by atoms with Crippen LogP contribution in [0, 0.1) is 0 Å². The van der Waals surface area contributed by atoms with Gasteiger partial charge in [0.1, 0.15) is 41.5 Å². The van der Waals surface area contributed by atoms with Gasteiger partial charge in [0.05, 0.1) is 0 Å². The summed E-state index contributed by atoms with van der Waals surface area (Å²) < 4.78 is 22.1. The normalized spacial score (nSPS) is 13.8. The van der Waals surface area contributed by atoms with Gasteiger partial charge < -0.3 is 51.3 Å². The number of fused-ring (bicyclic) bond motifs is 3. The van der Waals surface area contributed by atoms with Crippen molar-refractivity contribution < 1.29 is 52.5 Å². The van der Waals surface area contributed by atoms with Gasteiger partial charge in [0.2, 0.25) is 5.91 Å². The first-order chi connectivity index (χ1) is 28.9. The van der Waals surface area contributed by atoms with Crippen LogP contribution in [0.25, 0.3) is 11.1 Å². The van der Waals surface area contributed by atoms with Gasteiger partial charge in [-0.15, -0.1) is 0 Å². The number of unbranched alkanes of at least 4 members (excludes halogenated alkanes) is 1. The molecule has 0 unspecified atom stereocenters. The molecule has 1 aliphatic rings. The van der Waals surface area contributed by atoms with Gasteiger partial charge in [-0.3, -0.25) is 9.59 Å². The lowest BCUT2D eigenvalue weighted by Gasteiger charge is -2.27. The Balaban J connectivity index is 1.61. The number of carbonyl (C=O) groups is 7. The second-order valence-electron chi connectivity index (χ2n) is 18.2. The van der Waals surface area contributed by atoms with Crippen LogP contribution in [0.15, 0.2) is 48.5 Å². The molecule has 3 rings (SSSR count). The number of nitrogens with two attached hydrogens (primary N) is 1. The maximum Gasteiger partial charge on any atom is 0.407 e. The van der Waals surface area contributed by atoms with E-state index in [-0.39, 0.29) is 51.3 Å². The zero-order valence-electron chi connectivity index (χ0n) is 37.6. The van der Waals surface area contributed by atoms with Crippen molar-refractivity contribution in [3.8, 4) is 11.1 Å². The van der Waals surface area contributed by atoms with E-state index < -0.39 is 76.9 Å². The van der Waals surface area contributed by atoms with E-state index in [4.69, 9.17) is 24.7 Å². The molecule has 0 saturated heterocycles. The van der Waals surface area contributed by atoms with Gasteiger partial charge in [-0.25, -0.2) is 24.0 Å². The van der Waals surface area contributed by atoms with Crippen molar-refractivity contribution in [1.29, 1.82) is 0 Å². The number of urea groups is 2. The molecule has 3 atom stereocenters. The van der Waals surface area contributed by atoms with E-state index in [0.29, 0.717) is 19.3 Å². The minimum absolute atomic E-state index is 0.0516. The lowest BCUT2D eigenvalue weighted by atomic mass is 9.98. The first-order valence-electron chi connectivity index (χ1n) is 21.1. The van der Waals surface area contributed by atoms with Gasteiger partial charge in [0, 0.05) is 25.4 Å². The van der Waals surface area contributed by atoms with Crippen molar-refractivity contribution in [3.05, 3.63) is 59.7 Å². The van der Waals surface area contributed by atoms with Gasteiger partial charge in [-0.1, -0.05) is 48.5 Å². The summed E-state index contributed by atoms with van der Waals surface area (Å²) in [6.45, 7) is 15.6. The molecule has 0 bridgehead atoms. The molecule has 0 aliphatic heterocycles. The standard InChI is InChI=1S/C45H66N6O11/c1-43(2,3)60-36(52)24-23-35(39(55)62-45(7,8)9)50-41(57)49-34(38(54)61-44(4,5)6)21-14-15-25-47-37(53)33(22-16-26-48-40(46)56)51-42(58)59-27-32-30-19-12-10-17-28(30)29-18-11-13-20-31(29)32/h10-13,17-20,32-35H,14-16,21-27H2,1-9H3,(H,47,53)(H,51,58)(H3,46,48,56)(H2,49,50,57)/t33-,34-,35-/m0/s1. The monoisotopic (exact) mass is 866 g/mol. The van der Waals surface area contributed by atoms with Crippen LogP contribution in [0.2, 0.25) is 0 Å². The molecule has 0 fully saturated rings. The van der Waals surface area contributed by atoms with Crippen LogP contribution in [0.3, 0.4) is 0 Å². The molecule has 0 aromatic heterocycles. The summed E-state index contributed by atoms with van der Waals surface area (Å²) in [7, 11) is 0. The highest BCUT2D eigenvalue weighted by Crippen LogP contribution is 2.44. The summed E-state index contributed by atoms with van der Waals surface area (Å²) >= 11 is 0. The minimum Gasteiger partial charge on any atom is -0.460 e. The van der Waals surface area contributed by atoms with E-state index in [2.05, 4.69) is 26.6 Å². The lowest BCUT2D eigenvalue weighted by Crippen LogP contribution is -2.53. The van der Waals surface area contributed by atoms with Gasteiger partial charge in [-0.2, -0.15) is 0 Å². The predicted molar refractivity (Wildman–Crippen MR) is 232 cm³/mol. The molecule has 62 heavy (non-hydrogen) atoms. The molecule has 1 aliphatic carbocycles. The molecule has 0 spiro atoms. The number of amides is 6. The van der Waals surface area contributed by atoms with E-state index >= 15 is 0 Å². The number of benzene rings is 2. The fraction of sp³-hybridized carbons (Fsp3) is 0.578. The summed E-state index contributed by atoms with van der Waals surface area (Å²) in [5, 5.41) is 13.1. The lowest BCUT2D eigenvalue weighted by molar-refractivity contribution is -0.159. The summed E-state index contributed by atoms with van der Waals surface area (Å²) in [5.41, 5.74) is 6.91. The van der Waals surface area contributed by atoms with Gasteiger partial charge in [0.25, 0.3) is 0 Å². The van der Waals surface area contributed by atoms with E-state index in [9.17, 15) is 33.6 Å². The molecule has 7 N–H and O–H groups in total. The van der Waals surface area contributed by atoms with Crippen molar-refractivity contribution in [2.24, 2.45) is 5.73 Å². The molecule has 0 heterocycles. The number of carbonyl (C=O) groups excluding carboxylic acids is 7. The number of esters is 3. The SMILES string of the molecule is CC(C)(C)OC(=O)CC[C@H](NC(=O)N[C@@H](CCCCNC(=O)[C@H](CCCNC(N)=O)NC(=O)OCC1c2ccccc2-c2ccccc21)C(=O)OC(C)(C)C)C(=O)OC(C)(C)C. The largest absolute Gasteiger partial charge is 0.460 e. The van der Waals surface area contributed by atoms with Crippen LogP contribution in [0.4, 0.5) is 14.4 Å². The number of nitrogens with one attached hydrogen (secondary N) is 5. The number of rotatable bonds is 20. The van der Waals surface area contributed by atoms with Crippen molar-refractivity contribution in [2.75, 3.05) is 19.7 Å². The number of ether oxygens (including phenoxy) is 4. The Kier molecular flexibility index (Phi) is 18.6. The Morgan fingerprint density at radius 3 is 1.60 bits per heavy atom. The Morgan fingerprint density at radius 2 is 1.08 bits per heavy atom. The molecular formula is C45H66N6O11. The van der Waals surface area contributed by atoms with Crippen molar-refractivity contribution in [3.63, 3.8) is 0 Å². The van der Waals surface area contributed by atoms with Crippen LogP contribution in [0.5, 0.6) is 0 Å². The highest BCUT2D eigenvalue weighted by atomic mass is 16.6. The smallest absolute Gasteiger partial charge is 0.407 e. The second-order valence-corrected chi connectivity index (χ2v) is 18.2. The summed E-state index contributed by atoms with van der Waals surface area (Å²) in [6, 6.07) is 10.9. The van der Waals surface area contributed by atoms with Gasteiger partial charge in [-0.05, 0) is 123 Å². The molecule has 342 valence electrons. The van der Waals surface area contributed by atoms with Crippen LogP contribution in [0.1, 0.15) is 124 Å². The van der Waals surface area contributed by atoms with Crippen LogP contribution in [-0.4, -0.2) is 96.6 Å². The molecule has 2 aromatic rings. The average molecular weight is 867 g/mol. The second kappa shape index (κ2) is 22.8. The average Bonchev–Trinajstić information content (AvgIpc) is 3.47. The van der Waals surface area contributed by atoms with Crippen molar-refractivity contribution in [2.45, 2.75) is 148 Å². The highest BCUT2D eigenvalue weighted by Gasteiger charge is 2.33. The molecule has 17 nitrogen and oxygen atoms in total. The quantitative estimate of drug-likeness (QED) is 0.0554. The third-order valence-electron chi connectivity index (χ3n) is 9.19. The molecule has 2 aromatic carbocycles. The zero-order valence-corrected chi connectivity index (χ0v) is 37.6. The fourth-order valence-corrected chi connectivity index (χ4v) is 6.63. The van der Waals surface area contributed by atoms with Crippen LogP contribution < -0.4 is 32.3 Å². The Hall–Kier alpha value is -5.87. The highest BCUT2D eigenvalue weighted by molar-refractivity contribution is 5.88. The van der Waals surface area contributed by atoms with Crippen molar-refractivity contribution in [1.82, 2.24) is 26.6 Å². The Labute approximate surface area is 364 Å². The third kappa shape index (κ3) is 18.0. The maximum absolute atomic E-state index is 13.4. The minimum atomic E-state index is -1.24. The van der Waals surface area contributed by atoms with Gasteiger partial charge >= 0.3 is 36.1 Å². The number of alkyl carbamates (subject to hydrolysis) is 1. The topological polar surface area (TPSA) is 243 Å². The Morgan fingerprint density at radius 1 is 0.597 bits per heavy atom. The zero-order chi connectivity index (χ0) is 46.3. The summed E-state index contributed by atoms with van der Waals surface area (Å²) in [6.07, 6.45) is 0.217. The van der Waals surface area contributed by atoms with E-state index in [0.717, 1.165) is 22.3 Å². The van der Waals surface area contributed by atoms with E-state index in [1.165, 1.54) is 0 Å². The fourth-order valence-electron chi connectivity index (χ4n) is 6.63. The number of hydrogen-bond acceptors (Lipinski definition) is 11. The third-order valence-corrected chi connectivity index (χ3v) is 9.19. The van der Waals surface area contributed by atoms with Crippen LogP contribution in [-0.2, 0) is 38.1 Å². The van der Waals surface area contributed by atoms with E-state index in [1.54, 1.807) is 62.3 Å². The van der Waals surface area contributed by atoms with Gasteiger partial charge in [0.15, 0.2) is 0 Å². The van der Waals surface area contributed by atoms with Crippen molar-refractivity contribution >= 4 is 42.0 Å². The van der Waals surface area contributed by atoms with E-state index in [1.807, 2.05) is 48.5 Å². The molecule has 0 saturated carbocycles. The molecule has 17 heteroatoms. The molecular weight excluding hydrogens is 801 g/mol. The molecule has 6 amide bonds. The number of hydrogen-bond donors (Lipinski definition) is 6. The number of primary amides is 1. The molecule has 0 radical (unpaired) electrons. The predicted octanol–water partition coefficient (Wildman–Crippen LogP) is 5.47.